The smallest absolute Gasteiger partial charge is 0.119 e. The Morgan fingerprint density at radius 3 is 2.42 bits per heavy atom. The third kappa shape index (κ3) is 4.99. The van der Waals surface area contributed by atoms with Crippen LogP contribution in [-0.4, -0.2) is 16.2 Å². The number of imidazole rings is 1. The Kier molecular flexibility index (Phi) is 6.41. The predicted molar refractivity (Wildman–Crippen MR) is 129 cm³/mol. The molecule has 0 fully saturated rings. The highest BCUT2D eigenvalue weighted by molar-refractivity contribution is 5.76. The van der Waals surface area contributed by atoms with Crippen LogP contribution in [0.1, 0.15) is 49.2 Å². The molecule has 0 aliphatic rings. The molecule has 3 heteroatoms. The van der Waals surface area contributed by atoms with E-state index in [4.69, 9.17) is 9.72 Å². The Bertz CT molecular complexity index is 1140. The quantitative estimate of drug-likeness (QED) is 0.319. The van der Waals surface area contributed by atoms with E-state index in [0.29, 0.717) is 12.5 Å². The molecule has 0 saturated carbocycles. The molecule has 0 radical (unpaired) electrons. The van der Waals surface area contributed by atoms with Gasteiger partial charge in [-0.1, -0.05) is 69.3 Å². The Hall–Kier alpha value is -3.07. The summed E-state index contributed by atoms with van der Waals surface area (Å²) in [7, 11) is 0. The first kappa shape index (κ1) is 21.2. The number of aromatic nitrogens is 2. The Labute approximate surface area is 185 Å². The molecule has 1 heterocycles. The Morgan fingerprint density at radius 1 is 0.903 bits per heavy atom. The van der Waals surface area contributed by atoms with Gasteiger partial charge in [-0.05, 0) is 60.2 Å². The SMILES string of the molecule is Cc1cccc(OCCn2c([C@@H](C)c3ccc(CC(C)C)cc3)nc3ccccc32)c1. The van der Waals surface area contributed by atoms with Crippen LogP contribution in [0.15, 0.2) is 72.8 Å². The van der Waals surface area contributed by atoms with Crippen LogP contribution < -0.4 is 4.74 Å². The summed E-state index contributed by atoms with van der Waals surface area (Å²) < 4.78 is 8.37. The van der Waals surface area contributed by atoms with E-state index in [1.807, 2.05) is 12.1 Å². The summed E-state index contributed by atoms with van der Waals surface area (Å²) in [5, 5.41) is 0. The number of hydrogen-bond donors (Lipinski definition) is 0. The van der Waals surface area contributed by atoms with Crippen LogP contribution in [0.4, 0.5) is 0 Å². The largest absolute Gasteiger partial charge is 0.492 e. The van der Waals surface area contributed by atoms with Crippen LogP contribution in [0.5, 0.6) is 5.75 Å². The van der Waals surface area contributed by atoms with E-state index in [1.165, 1.54) is 16.7 Å². The Morgan fingerprint density at radius 2 is 1.68 bits per heavy atom. The van der Waals surface area contributed by atoms with E-state index in [0.717, 1.165) is 35.6 Å². The van der Waals surface area contributed by atoms with Crippen LogP contribution in [0.25, 0.3) is 11.0 Å². The second kappa shape index (κ2) is 9.38. The number of fused-ring (bicyclic) bond motifs is 1. The molecule has 3 aromatic carbocycles. The van der Waals surface area contributed by atoms with Gasteiger partial charge < -0.3 is 9.30 Å². The minimum absolute atomic E-state index is 0.208. The predicted octanol–water partition coefficient (Wildman–Crippen LogP) is 6.77. The number of rotatable bonds is 8. The highest BCUT2D eigenvalue weighted by atomic mass is 16.5. The number of ether oxygens (including phenoxy) is 1. The van der Waals surface area contributed by atoms with Crippen molar-refractivity contribution >= 4 is 11.0 Å². The second-order valence-corrected chi connectivity index (χ2v) is 8.84. The maximum atomic E-state index is 6.05. The highest BCUT2D eigenvalue weighted by Gasteiger charge is 2.18. The van der Waals surface area contributed by atoms with Crippen LogP contribution in [0.2, 0.25) is 0 Å². The van der Waals surface area contributed by atoms with Crippen LogP contribution in [-0.2, 0) is 13.0 Å². The minimum Gasteiger partial charge on any atom is -0.492 e. The summed E-state index contributed by atoms with van der Waals surface area (Å²) in [5.74, 6) is 2.88. The molecule has 0 amide bonds. The minimum atomic E-state index is 0.208. The van der Waals surface area contributed by atoms with Gasteiger partial charge in [0.05, 0.1) is 17.6 Å². The molecular weight excluding hydrogens is 380 g/mol. The molecule has 4 rings (SSSR count). The molecule has 31 heavy (non-hydrogen) atoms. The fraction of sp³-hybridized carbons (Fsp3) is 0.321. The van der Waals surface area contributed by atoms with Crippen molar-refractivity contribution in [3.05, 3.63) is 95.3 Å². The van der Waals surface area contributed by atoms with Crippen molar-refractivity contribution in [2.24, 2.45) is 5.92 Å². The van der Waals surface area contributed by atoms with Crippen molar-refractivity contribution < 1.29 is 4.74 Å². The summed E-state index contributed by atoms with van der Waals surface area (Å²) >= 11 is 0. The van der Waals surface area contributed by atoms with Gasteiger partial charge in [-0.3, -0.25) is 0 Å². The van der Waals surface area contributed by atoms with Crippen molar-refractivity contribution in [2.45, 2.75) is 46.6 Å². The molecule has 4 aromatic rings. The number of nitrogens with zero attached hydrogens (tertiary/aromatic N) is 2. The molecule has 3 nitrogen and oxygen atoms in total. The van der Waals surface area contributed by atoms with Crippen molar-refractivity contribution in [3.8, 4) is 5.75 Å². The van der Waals surface area contributed by atoms with E-state index >= 15 is 0 Å². The lowest BCUT2D eigenvalue weighted by Gasteiger charge is -2.16. The van der Waals surface area contributed by atoms with Gasteiger partial charge >= 0.3 is 0 Å². The molecule has 0 spiro atoms. The van der Waals surface area contributed by atoms with Gasteiger partial charge in [0.15, 0.2) is 0 Å². The van der Waals surface area contributed by atoms with E-state index in [1.54, 1.807) is 0 Å². The zero-order chi connectivity index (χ0) is 21.8. The molecule has 160 valence electrons. The molecule has 0 aliphatic heterocycles. The van der Waals surface area contributed by atoms with Crippen molar-refractivity contribution in [3.63, 3.8) is 0 Å². The lowest BCUT2D eigenvalue weighted by molar-refractivity contribution is 0.297. The van der Waals surface area contributed by atoms with E-state index in [9.17, 15) is 0 Å². The molecule has 0 unspecified atom stereocenters. The zero-order valence-electron chi connectivity index (χ0n) is 19.0. The molecule has 0 aliphatic carbocycles. The summed E-state index contributed by atoms with van der Waals surface area (Å²) in [6.07, 6.45) is 1.11. The third-order valence-corrected chi connectivity index (χ3v) is 5.77. The van der Waals surface area contributed by atoms with Gasteiger partial charge in [0.1, 0.15) is 18.2 Å². The van der Waals surface area contributed by atoms with Gasteiger partial charge in [0.2, 0.25) is 0 Å². The van der Waals surface area contributed by atoms with Gasteiger partial charge in [-0.25, -0.2) is 4.98 Å². The summed E-state index contributed by atoms with van der Waals surface area (Å²) in [6, 6.07) is 25.6. The molecule has 1 atom stereocenters. The molecule has 0 saturated heterocycles. The monoisotopic (exact) mass is 412 g/mol. The second-order valence-electron chi connectivity index (χ2n) is 8.84. The van der Waals surface area contributed by atoms with Crippen LogP contribution >= 0.6 is 0 Å². The van der Waals surface area contributed by atoms with E-state index < -0.39 is 0 Å². The van der Waals surface area contributed by atoms with Crippen LogP contribution in [0.3, 0.4) is 0 Å². The summed E-state index contributed by atoms with van der Waals surface area (Å²) in [5.41, 5.74) is 6.10. The molecule has 1 aromatic heterocycles. The zero-order valence-corrected chi connectivity index (χ0v) is 19.0. The number of benzene rings is 3. The first-order valence-corrected chi connectivity index (χ1v) is 11.2. The van der Waals surface area contributed by atoms with E-state index in [2.05, 4.69) is 92.9 Å². The van der Waals surface area contributed by atoms with Gasteiger partial charge in [-0.2, -0.15) is 0 Å². The number of hydrogen-bond acceptors (Lipinski definition) is 2. The molecular formula is C28H32N2O. The average molecular weight is 413 g/mol. The fourth-order valence-corrected chi connectivity index (χ4v) is 4.18. The first-order chi connectivity index (χ1) is 15.0. The summed E-state index contributed by atoms with van der Waals surface area (Å²) in [4.78, 5) is 5.01. The lowest BCUT2D eigenvalue weighted by Crippen LogP contribution is -2.13. The number of aryl methyl sites for hydroxylation is 1. The summed E-state index contributed by atoms with van der Waals surface area (Å²) in [6.45, 7) is 10.2. The molecule has 0 N–H and O–H groups in total. The van der Waals surface area contributed by atoms with Gasteiger partial charge in [0.25, 0.3) is 0 Å². The number of para-hydroxylation sites is 2. The lowest BCUT2D eigenvalue weighted by atomic mass is 9.96. The van der Waals surface area contributed by atoms with Crippen molar-refractivity contribution in [2.75, 3.05) is 6.61 Å². The van der Waals surface area contributed by atoms with E-state index in [-0.39, 0.29) is 5.92 Å². The highest BCUT2D eigenvalue weighted by Crippen LogP contribution is 2.28. The normalized spacial score (nSPS) is 12.4. The third-order valence-electron chi connectivity index (χ3n) is 5.77. The van der Waals surface area contributed by atoms with Crippen molar-refractivity contribution in [1.82, 2.24) is 9.55 Å². The standard InChI is InChI=1S/C28H32N2O/c1-20(2)18-23-12-14-24(15-13-23)22(4)28-29-26-10-5-6-11-27(26)30(28)16-17-31-25-9-7-8-21(3)19-25/h5-15,19-20,22H,16-18H2,1-4H3/t22-/m0/s1. The molecule has 0 bridgehead atoms. The van der Waals surface area contributed by atoms with Gasteiger partial charge in [-0.15, -0.1) is 0 Å². The maximum Gasteiger partial charge on any atom is 0.119 e. The fourth-order valence-electron chi connectivity index (χ4n) is 4.18. The Balaban J connectivity index is 1.58. The topological polar surface area (TPSA) is 27.1 Å². The van der Waals surface area contributed by atoms with Crippen molar-refractivity contribution in [1.29, 1.82) is 0 Å². The maximum absolute atomic E-state index is 6.05. The van der Waals surface area contributed by atoms with Crippen LogP contribution in [0, 0.1) is 12.8 Å². The average Bonchev–Trinajstić information content (AvgIpc) is 3.12. The van der Waals surface area contributed by atoms with Gasteiger partial charge in [0, 0.05) is 5.92 Å². The first-order valence-electron chi connectivity index (χ1n) is 11.2.